The van der Waals surface area contributed by atoms with Gasteiger partial charge < -0.3 is 14.8 Å². The molecule has 1 amide bonds. The van der Waals surface area contributed by atoms with Gasteiger partial charge in [0.25, 0.3) is 5.91 Å². The van der Waals surface area contributed by atoms with Crippen molar-refractivity contribution in [3.05, 3.63) is 27.1 Å². The van der Waals surface area contributed by atoms with E-state index in [9.17, 15) is 9.59 Å². The Morgan fingerprint density at radius 3 is 2.62 bits per heavy atom. The zero-order valence-corrected chi connectivity index (χ0v) is 15.8. The molecule has 0 aliphatic rings. The molecule has 0 saturated carbocycles. The molecule has 0 saturated heterocycles. The van der Waals surface area contributed by atoms with Crippen molar-refractivity contribution < 1.29 is 19.1 Å². The molecule has 130 valence electrons. The van der Waals surface area contributed by atoms with Gasteiger partial charge in [0, 0.05) is 11.4 Å². The van der Waals surface area contributed by atoms with E-state index < -0.39 is 5.97 Å². The Labute approximate surface area is 153 Å². The number of fused-ring (bicyclic) bond motifs is 1. The fraction of sp³-hybridized carbons (Fsp3) is 0.375. The quantitative estimate of drug-likeness (QED) is 0.748. The first-order valence-corrected chi connectivity index (χ1v) is 8.87. The SMILES string of the molecule is CC[C@@H](C)NC(=O)COC(=O)c1sc2c(Cl)c(OC)ccc2c1Cl. The maximum Gasteiger partial charge on any atom is 0.350 e. The number of rotatable bonds is 6. The second-order valence-corrected chi connectivity index (χ2v) is 6.93. The van der Waals surface area contributed by atoms with E-state index in [1.165, 1.54) is 7.11 Å². The van der Waals surface area contributed by atoms with Gasteiger partial charge in [0.2, 0.25) is 0 Å². The van der Waals surface area contributed by atoms with Gasteiger partial charge in [0.05, 0.1) is 16.8 Å². The Morgan fingerprint density at radius 1 is 1.29 bits per heavy atom. The molecule has 0 aliphatic carbocycles. The number of esters is 1. The van der Waals surface area contributed by atoms with Gasteiger partial charge in [-0.25, -0.2) is 4.79 Å². The van der Waals surface area contributed by atoms with Crippen LogP contribution in [0.25, 0.3) is 10.1 Å². The molecule has 2 rings (SSSR count). The van der Waals surface area contributed by atoms with Gasteiger partial charge >= 0.3 is 5.97 Å². The van der Waals surface area contributed by atoms with Crippen molar-refractivity contribution >= 4 is 56.5 Å². The molecule has 0 radical (unpaired) electrons. The summed E-state index contributed by atoms with van der Waals surface area (Å²) in [6, 6.07) is 3.43. The molecule has 1 aromatic heterocycles. The van der Waals surface area contributed by atoms with E-state index >= 15 is 0 Å². The summed E-state index contributed by atoms with van der Waals surface area (Å²) in [5.41, 5.74) is 0. The lowest BCUT2D eigenvalue weighted by Gasteiger charge is -2.11. The summed E-state index contributed by atoms with van der Waals surface area (Å²) < 4.78 is 10.8. The Balaban J connectivity index is 2.17. The van der Waals surface area contributed by atoms with Crippen molar-refractivity contribution in [1.82, 2.24) is 5.32 Å². The number of hydrogen-bond donors (Lipinski definition) is 1. The second-order valence-electron chi connectivity index (χ2n) is 5.16. The van der Waals surface area contributed by atoms with Crippen LogP contribution < -0.4 is 10.1 Å². The summed E-state index contributed by atoms with van der Waals surface area (Å²) in [6.45, 7) is 3.47. The number of methoxy groups -OCH3 is 1. The lowest BCUT2D eigenvalue weighted by atomic mass is 10.2. The summed E-state index contributed by atoms with van der Waals surface area (Å²) in [5.74, 6) is -0.514. The number of nitrogens with one attached hydrogen (secondary N) is 1. The Hall–Kier alpha value is -1.50. The maximum absolute atomic E-state index is 12.2. The van der Waals surface area contributed by atoms with Gasteiger partial charge in [0.15, 0.2) is 6.61 Å². The topological polar surface area (TPSA) is 64.6 Å². The molecular weight excluding hydrogens is 373 g/mol. The number of carbonyl (C=O) groups is 2. The zero-order valence-electron chi connectivity index (χ0n) is 13.4. The summed E-state index contributed by atoms with van der Waals surface area (Å²) in [6.07, 6.45) is 0.794. The molecule has 1 heterocycles. The van der Waals surface area contributed by atoms with E-state index in [1.807, 2.05) is 13.8 Å². The number of thiophene rings is 1. The van der Waals surface area contributed by atoms with Crippen molar-refractivity contribution in [2.75, 3.05) is 13.7 Å². The van der Waals surface area contributed by atoms with Crippen LogP contribution in [-0.2, 0) is 9.53 Å². The molecule has 0 aliphatic heterocycles. The average molecular weight is 390 g/mol. The summed E-state index contributed by atoms with van der Waals surface area (Å²) in [4.78, 5) is 24.1. The van der Waals surface area contributed by atoms with Crippen molar-refractivity contribution in [2.24, 2.45) is 0 Å². The fourth-order valence-corrected chi connectivity index (χ4v) is 3.76. The number of benzene rings is 1. The van der Waals surface area contributed by atoms with E-state index in [1.54, 1.807) is 12.1 Å². The monoisotopic (exact) mass is 389 g/mol. The van der Waals surface area contributed by atoms with Crippen LogP contribution in [0.5, 0.6) is 5.75 Å². The van der Waals surface area contributed by atoms with Crippen molar-refractivity contribution in [3.8, 4) is 5.75 Å². The maximum atomic E-state index is 12.2. The minimum absolute atomic E-state index is 0.0235. The summed E-state index contributed by atoms with van der Waals surface area (Å²) in [5, 5.41) is 4.00. The van der Waals surface area contributed by atoms with Crippen molar-refractivity contribution in [2.45, 2.75) is 26.3 Å². The van der Waals surface area contributed by atoms with Crippen LogP contribution in [-0.4, -0.2) is 31.6 Å². The molecule has 2 aromatic rings. The van der Waals surface area contributed by atoms with E-state index in [0.717, 1.165) is 17.8 Å². The Kier molecular flexibility index (Phi) is 6.32. The first-order valence-electron chi connectivity index (χ1n) is 7.30. The summed E-state index contributed by atoms with van der Waals surface area (Å²) >= 11 is 13.6. The molecule has 0 unspecified atom stereocenters. The fourth-order valence-electron chi connectivity index (χ4n) is 1.98. The highest BCUT2D eigenvalue weighted by molar-refractivity contribution is 7.22. The van der Waals surface area contributed by atoms with Crippen LogP contribution in [0, 0.1) is 0 Å². The summed E-state index contributed by atoms with van der Waals surface area (Å²) in [7, 11) is 1.51. The van der Waals surface area contributed by atoms with Crippen molar-refractivity contribution in [1.29, 1.82) is 0 Å². The smallest absolute Gasteiger partial charge is 0.350 e. The molecule has 1 atom stereocenters. The van der Waals surface area contributed by atoms with Gasteiger partial charge in [0.1, 0.15) is 15.6 Å². The Morgan fingerprint density at radius 2 is 2.00 bits per heavy atom. The number of carbonyl (C=O) groups excluding carboxylic acids is 2. The van der Waals surface area contributed by atoms with Gasteiger partial charge in [-0.1, -0.05) is 30.1 Å². The number of hydrogen-bond acceptors (Lipinski definition) is 5. The predicted octanol–water partition coefficient (Wildman–Crippen LogP) is 4.29. The second kappa shape index (κ2) is 8.05. The number of ether oxygens (including phenoxy) is 2. The van der Waals surface area contributed by atoms with Crippen LogP contribution >= 0.6 is 34.5 Å². The first kappa shape index (κ1) is 18.8. The molecule has 1 N–H and O–H groups in total. The van der Waals surface area contributed by atoms with Gasteiger partial charge in [-0.2, -0.15) is 0 Å². The third-order valence-corrected chi connectivity index (χ3v) is 5.66. The molecule has 1 aromatic carbocycles. The van der Waals surface area contributed by atoms with Gasteiger partial charge in [-0.05, 0) is 25.5 Å². The minimum Gasteiger partial charge on any atom is -0.495 e. The first-order chi connectivity index (χ1) is 11.4. The van der Waals surface area contributed by atoms with Crippen LogP contribution in [0.2, 0.25) is 10.0 Å². The molecule has 0 fully saturated rings. The van der Waals surface area contributed by atoms with Crippen molar-refractivity contribution in [3.63, 3.8) is 0 Å². The van der Waals surface area contributed by atoms with Crippen LogP contribution in [0.4, 0.5) is 0 Å². The molecule has 0 spiro atoms. The zero-order chi connectivity index (χ0) is 17.9. The van der Waals surface area contributed by atoms with Crippen LogP contribution in [0.1, 0.15) is 29.9 Å². The molecule has 8 heteroatoms. The van der Waals surface area contributed by atoms with E-state index in [2.05, 4.69) is 5.32 Å². The largest absolute Gasteiger partial charge is 0.495 e. The van der Waals surface area contributed by atoms with Gasteiger partial charge in [-0.3, -0.25) is 4.79 Å². The standard InChI is InChI=1S/C16H17Cl2NO4S/c1-4-8(2)19-11(20)7-23-16(21)15-12(17)9-5-6-10(22-3)13(18)14(9)24-15/h5-6,8H,4,7H2,1-3H3,(H,19,20)/t8-/m1/s1. The number of halogens is 2. The minimum atomic E-state index is -0.657. The highest BCUT2D eigenvalue weighted by atomic mass is 35.5. The van der Waals surface area contributed by atoms with Crippen LogP contribution in [0.3, 0.4) is 0 Å². The van der Waals surface area contributed by atoms with E-state index in [4.69, 9.17) is 32.7 Å². The lowest BCUT2D eigenvalue weighted by molar-refractivity contribution is -0.124. The average Bonchev–Trinajstić information content (AvgIpc) is 2.91. The number of amides is 1. The molecular formula is C16H17Cl2NO4S. The van der Waals surface area contributed by atoms with Gasteiger partial charge in [-0.15, -0.1) is 11.3 Å². The highest BCUT2D eigenvalue weighted by Gasteiger charge is 2.22. The predicted molar refractivity (Wildman–Crippen MR) is 96.6 cm³/mol. The molecule has 5 nitrogen and oxygen atoms in total. The third kappa shape index (κ3) is 3.94. The van der Waals surface area contributed by atoms with E-state index in [-0.39, 0.29) is 28.5 Å². The molecule has 0 bridgehead atoms. The third-order valence-electron chi connectivity index (χ3n) is 3.46. The van der Waals surface area contributed by atoms with E-state index in [0.29, 0.717) is 20.9 Å². The lowest BCUT2D eigenvalue weighted by Crippen LogP contribution is -2.35. The molecule has 24 heavy (non-hydrogen) atoms. The van der Waals surface area contributed by atoms with Crippen LogP contribution in [0.15, 0.2) is 12.1 Å². The Bertz CT molecular complexity index is 775. The normalized spacial score (nSPS) is 12.0. The highest BCUT2D eigenvalue weighted by Crippen LogP contribution is 2.43.